The summed E-state index contributed by atoms with van der Waals surface area (Å²) in [5, 5.41) is 0. The van der Waals surface area contributed by atoms with Crippen LogP contribution in [-0.2, 0) is 6.18 Å². The first-order chi connectivity index (χ1) is 10.3. The highest BCUT2D eigenvalue weighted by atomic mass is 19.4. The summed E-state index contributed by atoms with van der Waals surface area (Å²) in [5.74, 6) is 0.356. The van der Waals surface area contributed by atoms with Crippen LogP contribution in [0, 0.1) is 0 Å². The minimum Gasteiger partial charge on any atom is -0.489 e. The first-order valence-electron chi connectivity index (χ1n) is 7.83. The van der Waals surface area contributed by atoms with Crippen molar-refractivity contribution in [2.45, 2.75) is 52.3 Å². The Labute approximate surface area is 131 Å². The molecule has 0 aliphatic carbocycles. The minimum atomic E-state index is -4.34. The Morgan fingerprint density at radius 2 is 1.82 bits per heavy atom. The zero-order chi connectivity index (χ0) is 16.9. The Kier molecular flexibility index (Phi) is 6.72. The molecule has 0 N–H and O–H groups in total. The fraction of sp³-hybridized carbons (Fsp3) is 0.647. The second-order valence-electron chi connectivity index (χ2n) is 5.73. The fourth-order valence-electron chi connectivity index (χ4n) is 2.37. The summed E-state index contributed by atoms with van der Waals surface area (Å²) in [5.41, 5.74) is 0.0197. The molecule has 2 rings (SSSR count). The van der Waals surface area contributed by atoms with Crippen LogP contribution in [0.3, 0.4) is 0 Å². The molecule has 5 heteroatoms. The normalized spacial score (nSPS) is 19.0. The lowest BCUT2D eigenvalue weighted by atomic mass is 10.00. The predicted octanol–water partition coefficient (Wildman–Crippen LogP) is 4.94. The predicted molar refractivity (Wildman–Crippen MR) is 83.4 cm³/mol. The molecule has 0 saturated carbocycles. The van der Waals surface area contributed by atoms with Crippen LogP contribution in [0.2, 0.25) is 0 Å². The maximum atomic E-state index is 12.9. The van der Waals surface area contributed by atoms with Crippen molar-refractivity contribution >= 4 is 0 Å². The van der Waals surface area contributed by atoms with Crippen molar-refractivity contribution in [3.8, 4) is 5.75 Å². The molecule has 1 fully saturated rings. The van der Waals surface area contributed by atoms with E-state index >= 15 is 0 Å². The van der Waals surface area contributed by atoms with E-state index in [1.165, 1.54) is 6.07 Å². The fourth-order valence-corrected chi connectivity index (χ4v) is 2.37. The lowest BCUT2D eigenvalue weighted by molar-refractivity contribution is -0.137. The van der Waals surface area contributed by atoms with Crippen LogP contribution in [0.4, 0.5) is 13.2 Å². The summed E-state index contributed by atoms with van der Waals surface area (Å²) in [6, 6.07) is 4.03. The van der Waals surface area contributed by atoms with Gasteiger partial charge in [-0.05, 0) is 43.1 Å². The molecule has 0 bridgehead atoms. The van der Waals surface area contributed by atoms with Gasteiger partial charge < -0.3 is 9.64 Å². The van der Waals surface area contributed by atoms with Crippen molar-refractivity contribution in [1.82, 2.24) is 4.90 Å². The van der Waals surface area contributed by atoms with Crippen molar-refractivity contribution in [3.63, 3.8) is 0 Å². The lowest BCUT2D eigenvalue weighted by Gasteiger charge is -2.18. The van der Waals surface area contributed by atoms with Crippen molar-refractivity contribution in [1.29, 1.82) is 0 Å². The number of likely N-dealkylation sites (tertiary alicyclic amines) is 1. The van der Waals surface area contributed by atoms with E-state index in [0.717, 1.165) is 25.6 Å². The van der Waals surface area contributed by atoms with Gasteiger partial charge in [0, 0.05) is 13.1 Å². The second kappa shape index (κ2) is 7.86. The number of hydrogen-bond donors (Lipinski definition) is 0. The molecule has 0 spiro atoms. The highest BCUT2D eigenvalue weighted by molar-refractivity contribution is 5.37. The molecule has 126 valence electrons. The Bertz CT molecular complexity index is 471. The molecular formula is C17H26F3NO. The smallest absolute Gasteiger partial charge is 0.416 e. The van der Waals surface area contributed by atoms with Crippen LogP contribution in [0.25, 0.3) is 0 Å². The number of benzene rings is 1. The third-order valence-electron chi connectivity index (χ3n) is 3.57. The van der Waals surface area contributed by atoms with E-state index in [-0.39, 0.29) is 12.0 Å². The number of likely N-dealkylation sites (N-methyl/N-ethyl adjacent to an activating group) is 1. The molecule has 0 amide bonds. The van der Waals surface area contributed by atoms with Crippen LogP contribution in [0.5, 0.6) is 5.75 Å². The maximum Gasteiger partial charge on any atom is 0.416 e. The average molecular weight is 317 g/mol. The summed E-state index contributed by atoms with van der Waals surface area (Å²) in [7, 11) is 1.98. The van der Waals surface area contributed by atoms with Crippen molar-refractivity contribution < 1.29 is 17.9 Å². The van der Waals surface area contributed by atoms with Gasteiger partial charge >= 0.3 is 6.18 Å². The monoisotopic (exact) mass is 317 g/mol. The maximum absolute atomic E-state index is 12.9. The average Bonchev–Trinajstić information content (AvgIpc) is 2.85. The number of ether oxygens (including phenoxy) is 1. The number of alkyl halides is 3. The Morgan fingerprint density at radius 1 is 1.18 bits per heavy atom. The molecule has 0 radical (unpaired) electrons. The molecule has 1 aromatic carbocycles. The van der Waals surface area contributed by atoms with E-state index in [9.17, 15) is 13.2 Å². The van der Waals surface area contributed by atoms with Crippen LogP contribution in [0.1, 0.15) is 51.2 Å². The molecule has 0 aromatic heterocycles. The van der Waals surface area contributed by atoms with Gasteiger partial charge in [-0.1, -0.05) is 27.7 Å². The van der Waals surface area contributed by atoms with E-state index in [1.807, 2.05) is 34.7 Å². The van der Waals surface area contributed by atoms with Crippen LogP contribution >= 0.6 is 0 Å². The summed E-state index contributed by atoms with van der Waals surface area (Å²) in [6.07, 6.45) is -3.51. The van der Waals surface area contributed by atoms with Gasteiger partial charge in [0.25, 0.3) is 0 Å². The second-order valence-corrected chi connectivity index (χ2v) is 5.73. The summed E-state index contributed by atoms with van der Waals surface area (Å²) >= 11 is 0. The highest BCUT2D eigenvalue weighted by Crippen LogP contribution is 2.35. The van der Waals surface area contributed by atoms with Gasteiger partial charge in [0.2, 0.25) is 0 Å². The Hall–Kier alpha value is -1.23. The molecule has 1 aliphatic heterocycles. The Balaban J connectivity index is 0.00000116. The molecule has 1 atom stereocenters. The van der Waals surface area contributed by atoms with Gasteiger partial charge in [-0.3, -0.25) is 0 Å². The molecule has 2 nitrogen and oxygen atoms in total. The summed E-state index contributed by atoms with van der Waals surface area (Å²) in [6.45, 7) is 9.43. The molecule has 1 unspecified atom stereocenters. The zero-order valence-electron chi connectivity index (χ0n) is 14.0. The van der Waals surface area contributed by atoms with Crippen LogP contribution in [-0.4, -0.2) is 31.1 Å². The van der Waals surface area contributed by atoms with E-state index in [2.05, 4.69) is 4.90 Å². The third-order valence-corrected chi connectivity index (χ3v) is 3.57. The summed E-state index contributed by atoms with van der Waals surface area (Å²) in [4.78, 5) is 2.11. The van der Waals surface area contributed by atoms with E-state index in [4.69, 9.17) is 4.74 Å². The largest absolute Gasteiger partial charge is 0.489 e. The zero-order valence-corrected chi connectivity index (χ0v) is 14.0. The first-order valence-corrected chi connectivity index (χ1v) is 7.83. The molecule has 1 aromatic rings. The number of nitrogens with zero attached hydrogens (tertiary/aromatic N) is 1. The number of rotatable bonds is 3. The van der Waals surface area contributed by atoms with Gasteiger partial charge in [-0.2, -0.15) is 13.2 Å². The Morgan fingerprint density at radius 3 is 2.27 bits per heavy atom. The minimum absolute atomic E-state index is 0.0245. The molecule has 1 aliphatic rings. The number of hydrogen-bond acceptors (Lipinski definition) is 2. The van der Waals surface area contributed by atoms with Crippen molar-refractivity contribution in [2.75, 3.05) is 20.1 Å². The van der Waals surface area contributed by atoms with E-state index in [1.54, 1.807) is 6.07 Å². The summed E-state index contributed by atoms with van der Waals surface area (Å²) < 4.78 is 44.5. The first kappa shape index (κ1) is 18.8. The molecular weight excluding hydrogens is 291 g/mol. The third kappa shape index (κ3) is 5.20. The SMILES string of the molecule is CC.CC(C)c1cc(OC2CCN(C)C2)cc(C(F)(F)F)c1. The molecule has 1 saturated heterocycles. The topological polar surface area (TPSA) is 12.5 Å². The van der Waals surface area contributed by atoms with Gasteiger partial charge in [0.15, 0.2) is 0 Å². The molecule has 1 heterocycles. The standard InChI is InChI=1S/C15H20F3NO.C2H6/c1-10(2)11-6-12(15(16,17)18)8-14(7-11)20-13-4-5-19(3)9-13;1-2/h6-8,10,13H,4-5,9H2,1-3H3;1-2H3. The molecule has 22 heavy (non-hydrogen) atoms. The van der Waals surface area contributed by atoms with E-state index < -0.39 is 11.7 Å². The van der Waals surface area contributed by atoms with Crippen molar-refractivity contribution in [2.24, 2.45) is 0 Å². The van der Waals surface area contributed by atoms with Crippen LogP contribution < -0.4 is 4.74 Å². The van der Waals surface area contributed by atoms with E-state index in [0.29, 0.717) is 11.3 Å². The van der Waals surface area contributed by atoms with Gasteiger partial charge in [0.05, 0.1) is 5.56 Å². The quantitative estimate of drug-likeness (QED) is 0.783. The van der Waals surface area contributed by atoms with Crippen molar-refractivity contribution in [3.05, 3.63) is 29.3 Å². The highest BCUT2D eigenvalue weighted by Gasteiger charge is 2.32. The van der Waals surface area contributed by atoms with Gasteiger partial charge in [-0.15, -0.1) is 0 Å². The van der Waals surface area contributed by atoms with Gasteiger partial charge in [0.1, 0.15) is 11.9 Å². The lowest BCUT2D eigenvalue weighted by Crippen LogP contribution is -2.21. The van der Waals surface area contributed by atoms with Crippen LogP contribution in [0.15, 0.2) is 18.2 Å². The van der Waals surface area contributed by atoms with Gasteiger partial charge in [-0.25, -0.2) is 0 Å². The number of halogens is 3.